The lowest BCUT2D eigenvalue weighted by Crippen LogP contribution is -2.30. The second kappa shape index (κ2) is 10.0. The Morgan fingerprint density at radius 3 is 2.68 bits per heavy atom. The topological polar surface area (TPSA) is 77.5 Å². The van der Waals surface area contributed by atoms with Crippen LogP contribution < -0.4 is 10.1 Å². The first kappa shape index (κ1) is 20.0. The third kappa shape index (κ3) is 5.90. The summed E-state index contributed by atoms with van der Waals surface area (Å²) in [6.45, 7) is 0.183. The Bertz CT molecular complexity index is 905. The molecule has 3 aromatic rings. The summed E-state index contributed by atoms with van der Waals surface area (Å²) < 4.78 is 10.1. The summed E-state index contributed by atoms with van der Waals surface area (Å²) in [6.07, 6.45) is 0.745. The van der Waals surface area contributed by atoms with Gasteiger partial charge in [0.25, 0.3) is 5.91 Å². The van der Waals surface area contributed by atoms with Gasteiger partial charge in [0, 0.05) is 11.9 Å². The maximum Gasteiger partial charge on any atom is 0.312 e. The van der Waals surface area contributed by atoms with E-state index in [1.165, 1.54) is 11.3 Å². The third-order valence-electron chi connectivity index (χ3n) is 3.87. The Hall–Kier alpha value is -2.71. The summed E-state index contributed by atoms with van der Waals surface area (Å²) in [5.41, 5.74) is 1.74. The zero-order valence-electron chi connectivity index (χ0n) is 15.3. The molecule has 8 heteroatoms. The largest absolute Gasteiger partial charge is 0.497 e. The number of benzene rings is 1. The highest BCUT2D eigenvalue weighted by Gasteiger charge is 2.12. The fourth-order valence-electron chi connectivity index (χ4n) is 2.44. The van der Waals surface area contributed by atoms with Crippen molar-refractivity contribution in [1.29, 1.82) is 0 Å². The van der Waals surface area contributed by atoms with Gasteiger partial charge in [-0.3, -0.25) is 9.59 Å². The number of esters is 1. The van der Waals surface area contributed by atoms with Crippen LogP contribution in [-0.4, -0.2) is 37.1 Å². The second-order valence-electron chi connectivity index (χ2n) is 5.91. The summed E-state index contributed by atoms with van der Waals surface area (Å²) >= 11 is 3.09. The van der Waals surface area contributed by atoms with Crippen LogP contribution >= 0.6 is 22.7 Å². The van der Waals surface area contributed by atoms with Crippen molar-refractivity contribution in [2.75, 3.05) is 20.3 Å². The monoisotopic (exact) mass is 416 g/mol. The van der Waals surface area contributed by atoms with Gasteiger partial charge in [-0.15, -0.1) is 22.7 Å². The van der Waals surface area contributed by atoms with Crippen molar-refractivity contribution in [1.82, 2.24) is 10.3 Å². The second-order valence-corrected chi connectivity index (χ2v) is 7.71. The number of aromatic nitrogens is 1. The fourth-order valence-corrected chi connectivity index (χ4v) is 4.07. The predicted molar refractivity (Wildman–Crippen MR) is 110 cm³/mol. The molecule has 1 aromatic carbocycles. The minimum Gasteiger partial charge on any atom is -0.497 e. The average Bonchev–Trinajstić information content (AvgIpc) is 3.39. The molecule has 1 amide bonds. The highest BCUT2D eigenvalue weighted by molar-refractivity contribution is 7.20. The van der Waals surface area contributed by atoms with Crippen molar-refractivity contribution in [2.45, 2.75) is 12.8 Å². The van der Waals surface area contributed by atoms with Crippen molar-refractivity contribution in [2.24, 2.45) is 0 Å². The van der Waals surface area contributed by atoms with E-state index in [2.05, 4.69) is 10.3 Å². The van der Waals surface area contributed by atoms with Gasteiger partial charge in [0.15, 0.2) is 6.61 Å². The van der Waals surface area contributed by atoms with Gasteiger partial charge < -0.3 is 14.8 Å². The molecule has 0 saturated heterocycles. The number of carbonyl (C=O) groups excluding carboxylic acids is 2. The molecule has 0 fully saturated rings. The minimum atomic E-state index is -0.465. The molecule has 2 heterocycles. The lowest BCUT2D eigenvalue weighted by molar-refractivity contribution is -0.147. The molecule has 0 saturated carbocycles. The molecule has 6 nitrogen and oxygen atoms in total. The summed E-state index contributed by atoms with van der Waals surface area (Å²) in [5.74, 6) is 0.00932. The molecule has 3 rings (SSSR count). The summed E-state index contributed by atoms with van der Waals surface area (Å²) in [5, 5.41) is 7.45. The van der Waals surface area contributed by atoms with Crippen LogP contribution in [0.25, 0.3) is 9.88 Å². The van der Waals surface area contributed by atoms with Gasteiger partial charge >= 0.3 is 5.97 Å². The standard InChI is InChI=1S/C20H20N2O4S2/c1-25-16-6-4-14(5-7-16)8-9-21-18(23)12-26-19(24)11-15-13-28-20(22-15)17-3-2-10-27-17/h2-7,10,13H,8-9,11-12H2,1H3,(H,21,23). The number of amides is 1. The molecule has 2 aromatic heterocycles. The van der Waals surface area contributed by atoms with E-state index in [1.807, 2.05) is 47.2 Å². The number of thiazole rings is 1. The van der Waals surface area contributed by atoms with Crippen LogP contribution in [-0.2, 0) is 27.2 Å². The van der Waals surface area contributed by atoms with Crippen LogP contribution in [0.15, 0.2) is 47.2 Å². The SMILES string of the molecule is COc1ccc(CCNC(=O)COC(=O)Cc2csc(-c3cccs3)n2)cc1. The van der Waals surface area contributed by atoms with Crippen LogP contribution in [0.2, 0.25) is 0 Å². The molecular formula is C20H20N2O4S2. The van der Waals surface area contributed by atoms with Crippen LogP contribution in [0.1, 0.15) is 11.3 Å². The van der Waals surface area contributed by atoms with E-state index in [-0.39, 0.29) is 18.9 Å². The molecule has 0 atom stereocenters. The number of thiophene rings is 1. The highest BCUT2D eigenvalue weighted by Crippen LogP contribution is 2.27. The maximum absolute atomic E-state index is 11.9. The minimum absolute atomic E-state index is 0.0566. The van der Waals surface area contributed by atoms with E-state index in [0.717, 1.165) is 21.2 Å². The number of methoxy groups -OCH3 is 1. The molecule has 0 radical (unpaired) electrons. The lowest BCUT2D eigenvalue weighted by atomic mass is 10.1. The molecule has 0 bridgehead atoms. The van der Waals surface area contributed by atoms with E-state index in [0.29, 0.717) is 18.7 Å². The van der Waals surface area contributed by atoms with Crippen molar-refractivity contribution >= 4 is 34.6 Å². The summed E-state index contributed by atoms with van der Waals surface area (Å²) in [4.78, 5) is 29.3. The zero-order valence-corrected chi connectivity index (χ0v) is 17.0. The number of hydrogen-bond donors (Lipinski definition) is 1. The van der Waals surface area contributed by atoms with Gasteiger partial charge in [0.05, 0.1) is 24.1 Å². The number of hydrogen-bond acceptors (Lipinski definition) is 7. The van der Waals surface area contributed by atoms with Crippen molar-refractivity contribution in [3.63, 3.8) is 0 Å². The fraction of sp³-hybridized carbons (Fsp3) is 0.250. The van der Waals surface area contributed by atoms with Gasteiger partial charge in [-0.2, -0.15) is 0 Å². The summed E-state index contributed by atoms with van der Waals surface area (Å²) in [6, 6.07) is 11.6. The number of carbonyl (C=O) groups is 2. The van der Waals surface area contributed by atoms with E-state index in [9.17, 15) is 9.59 Å². The van der Waals surface area contributed by atoms with E-state index >= 15 is 0 Å². The van der Waals surface area contributed by atoms with Crippen molar-refractivity contribution < 1.29 is 19.1 Å². The Labute approximate surface area is 171 Å². The van der Waals surface area contributed by atoms with Crippen LogP contribution in [0, 0.1) is 0 Å². The number of ether oxygens (including phenoxy) is 2. The molecule has 0 aliphatic heterocycles. The number of rotatable bonds is 9. The van der Waals surface area contributed by atoms with Gasteiger partial charge in [0.1, 0.15) is 10.8 Å². The Kier molecular flexibility index (Phi) is 7.16. The first-order chi connectivity index (χ1) is 13.6. The molecule has 0 spiro atoms. The van der Waals surface area contributed by atoms with E-state index < -0.39 is 5.97 Å². The number of nitrogens with one attached hydrogen (secondary N) is 1. The van der Waals surface area contributed by atoms with Gasteiger partial charge in [-0.1, -0.05) is 18.2 Å². The zero-order chi connectivity index (χ0) is 19.8. The molecule has 0 aliphatic rings. The molecule has 0 unspecified atom stereocenters. The van der Waals surface area contributed by atoms with Crippen LogP contribution in [0.4, 0.5) is 0 Å². The lowest BCUT2D eigenvalue weighted by Gasteiger charge is -2.07. The van der Waals surface area contributed by atoms with Gasteiger partial charge in [-0.25, -0.2) is 4.98 Å². The highest BCUT2D eigenvalue weighted by atomic mass is 32.1. The van der Waals surface area contributed by atoms with Crippen molar-refractivity contribution in [3.05, 3.63) is 58.4 Å². The third-order valence-corrected chi connectivity index (χ3v) is 5.80. The molecule has 28 heavy (non-hydrogen) atoms. The molecule has 1 N–H and O–H groups in total. The van der Waals surface area contributed by atoms with Crippen LogP contribution in [0.3, 0.4) is 0 Å². The van der Waals surface area contributed by atoms with Gasteiger partial charge in [-0.05, 0) is 35.6 Å². The van der Waals surface area contributed by atoms with E-state index in [1.54, 1.807) is 18.4 Å². The molecular weight excluding hydrogens is 396 g/mol. The summed E-state index contributed by atoms with van der Waals surface area (Å²) in [7, 11) is 1.62. The van der Waals surface area contributed by atoms with Crippen LogP contribution in [0.5, 0.6) is 5.75 Å². The maximum atomic E-state index is 11.9. The Morgan fingerprint density at radius 1 is 1.14 bits per heavy atom. The van der Waals surface area contributed by atoms with E-state index in [4.69, 9.17) is 9.47 Å². The smallest absolute Gasteiger partial charge is 0.312 e. The molecule has 146 valence electrons. The number of nitrogens with zero attached hydrogens (tertiary/aromatic N) is 1. The van der Waals surface area contributed by atoms with Gasteiger partial charge in [0.2, 0.25) is 0 Å². The van der Waals surface area contributed by atoms with Crippen molar-refractivity contribution in [3.8, 4) is 15.6 Å². The average molecular weight is 417 g/mol. The Morgan fingerprint density at radius 2 is 1.96 bits per heavy atom. The first-order valence-electron chi connectivity index (χ1n) is 8.67. The first-order valence-corrected chi connectivity index (χ1v) is 10.4. The predicted octanol–water partition coefficient (Wildman–Crippen LogP) is 3.32. The quantitative estimate of drug-likeness (QED) is 0.542. The molecule has 0 aliphatic carbocycles. The normalized spacial score (nSPS) is 10.5. The Balaban J connectivity index is 1.35.